The fourth-order valence-electron chi connectivity index (χ4n) is 2.67. The van der Waals surface area contributed by atoms with Crippen molar-refractivity contribution >= 4 is 22.9 Å². The number of nitrogens with one attached hydrogen (secondary N) is 2. The summed E-state index contributed by atoms with van der Waals surface area (Å²) in [5.74, 6) is -0.189. The van der Waals surface area contributed by atoms with E-state index in [2.05, 4.69) is 41.0 Å². The summed E-state index contributed by atoms with van der Waals surface area (Å²) >= 11 is 1.71. The topological polar surface area (TPSA) is 27.8 Å². The van der Waals surface area contributed by atoms with E-state index in [9.17, 15) is 4.39 Å². The largest absolute Gasteiger partial charge is 0.361 e. The number of fused-ring (bicyclic) bond motifs is 1. The van der Waals surface area contributed by atoms with Gasteiger partial charge in [-0.2, -0.15) is 0 Å². The molecule has 0 amide bonds. The van der Waals surface area contributed by atoms with Crippen molar-refractivity contribution in [3.63, 3.8) is 0 Å². The predicted molar refractivity (Wildman–Crippen MR) is 94.1 cm³/mol. The molecule has 0 atom stereocenters. The third-order valence-corrected chi connectivity index (χ3v) is 5.55. The minimum absolute atomic E-state index is 0.189. The smallest absolute Gasteiger partial charge is 0.123 e. The molecular formula is C19H19FN2S. The van der Waals surface area contributed by atoms with Gasteiger partial charge in [0.25, 0.3) is 0 Å². The van der Waals surface area contributed by atoms with Crippen LogP contribution in [-0.4, -0.2) is 10.5 Å². The molecule has 0 spiro atoms. The van der Waals surface area contributed by atoms with E-state index in [1.165, 1.54) is 40.8 Å². The minimum atomic E-state index is -0.189. The number of aromatic nitrogens is 1. The molecule has 2 N–H and O–H groups in total. The predicted octanol–water partition coefficient (Wildman–Crippen LogP) is 5.05. The van der Waals surface area contributed by atoms with Crippen molar-refractivity contribution in [3.05, 3.63) is 65.6 Å². The summed E-state index contributed by atoms with van der Waals surface area (Å²) in [7, 11) is 0. The van der Waals surface area contributed by atoms with E-state index in [-0.39, 0.29) is 5.82 Å². The van der Waals surface area contributed by atoms with E-state index < -0.39 is 0 Å². The van der Waals surface area contributed by atoms with Crippen LogP contribution in [0.15, 0.2) is 53.6 Å². The van der Waals surface area contributed by atoms with Gasteiger partial charge in [0, 0.05) is 27.5 Å². The molecule has 2 aromatic carbocycles. The molecule has 1 heterocycles. The Morgan fingerprint density at radius 2 is 1.96 bits per heavy atom. The SMILES string of the molecule is CC1(NSc2ccc3c(Cc4ccc(F)cc4)c[nH]c3c2)CC1. The molecule has 1 aromatic heterocycles. The van der Waals surface area contributed by atoms with Gasteiger partial charge in [-0.1, -0.05) is 18.2 Å². The summed E-state index contributed by atoms with van der Waals surface area (Å²) in [5.41, 5.74) is 3.83. The maximum absolute atomic E-state index is 13.0. The van der Waals surface area contributed by atoms with Gasteiger partial charge in [-0.25, -0.2) is 4.39 Å². The maximum atomic E-state index is 13.0. The molecule has 3 aromatic rings. The molecule has 1 fully saturated rings. The van der Waals surface area contributed by atoms with Crippen molar-refractivity contribution in [2.24, 2.45) is 0 Å². The van der Waals surface area contributed by atoms with Gasteiger partial charge in [-0.15, -0.1) is 0 Å². The minimum Gasteiger partial charge on any atom is -0.361 e. The highest BCUT2D eigenvalue weighted by molar-refractivity contribution is 7.97. The number of rotatable bonds is 5. The zero-order valence-corrected chi connectivity index (χ0v) is 13.8. The Kier molecular flexibility index (Phi) is 3.66. The van der Waals surface area contributed by atoms with E-state index in [0.717, 1.165) is 17.5 Å². The van der Waals surface area contributed by atoms with E-state index in [0.29, 0.717) is 5.54 Å². The monoisotopic (exact) mass is 326 g/mol. The molecule has 1 aliphatic rings. The number of aromatic amines is 1. The van der Waals surface area contributed by atoms with E-state index in [1.807, 2.05) is 12.1 Å². The summed E-state index contributed by atoms with van der Waals surface area (Å²) in [6.45, 7) is 2.26. The van der Waals surface area contributed by atoms with Crippen LogP contribution in [0.25, 0.3) is 10.9 Å². The Morgan fingerprint density at radius 1 is 1.17 bits per heavy atom. The quantitative estimate of drug-likeness (QED) is 0.642. The number of hydrogen-bond donors (Lipinski definition) is 2. The second-order valence-electron chi connectivity index (χ2n) is 6.59. The molecule has 0 unspecified atom stereocenters. The first kappa shape index (κ1) is 14.8. The molecule has 118 valence electrons. The number of hydrogen-bond acceptors (Lipinski definition) is 2. The lowest BCUT2D eigenvalue weighted by Crippen LogP contribution is -2.19. The molecule has 23 heavy (non-hydrogen) atoms. The highest BCUT2D eigenvalue weighted by Gasteiger charge is 2.36. The first-order valence-corrected chi connectivity index (χ1v) is 8.71. The van der Waals surface area contributed by atoms with Gasteiger partial charge < -0.3 is 4.98 Å². The third kappa shape index (κ3) is 3.28. The molecule has 4 rings (SSSR count). The van der Waals surface area contributed by atoms with E-state index in [4.69, 9.17) is 0 Å². The molecule has 0 bridgehead atoms. The average Bonchev–Trinajstić information content (AvgIpc) is 3.17. The second kappa shape index (κ2) is 5.69. The molecule has 1 aliphatic carbocycles. The van der Waals surface area contributed by atoms with Gasteiger partial charge in [-0.05, 0) is 73.5 Å². The van der Waals surface area contributed by atoms with Crippen LogP contribution in [0.3, 0.4) is 0 Å². The van der Waals surface area contributed by atoms with Gasteiger partial charge in [0.1, 0.15) is 5.82 Å². The molecule has 0 saturated heterocycles. The fraction of sp³-hybridized carbons (Fsp3) is 0.263. The Labute approximate surface area is 139 Å². The first-order valence-electron chi connectivity index (χ1n) is 7.90. The number of benzene rings is 2. The Balaban J connectivity index is 1.53. The number of H-pyrrole nitrogens is 1. The van der Waals surface area contributed by atoms with Crippen molar-refractivity contribution < 1.29 is 4.39 Å². The highest BCUT2D eigenvalue weighted by atomic mass is 32.2. The highest BCUT2D eigenvalue weighted by Crippen LogP contribution is 2.38. The van der Waals surface area contributed by atoms with Gasteiger partial charge in [0.15, 0.2) is 0 Å². The Bertz CT molecular complexity index is 834. The summed E-state index contributed by atoms with van der Waals surface area (Å²) in [6, 6.07) is 13.2. The van der Waals surface area contributed by atoms with Gasteiger partial charge in [0.05, 0.1) is 0 Å². The molecular weight excluding hydrogens is 307 g/mol. The van der Waals surface area contributed by atoms with Crippen LogP contribution < -0.4 is 4.72 Å². The van der Waals surface area contributed by atoms with Crippen LogP contribution in [0.5, 0.6) is 0 Å². The van der Waals surface area contributed by atoms with Crippen LogP contribution in [0.4, 0.5) is 4.39 Å². The van der Waals surface area contributed by atoms with Crippen LogP contribution in [0, 0.1) is 5.82 Å². The lowest BCUT2D eigenvalue weighted by molar-refractivity contribution is 0.627. The normalized spacial score (nSPS) is 15.9. The summed E-state index contributed by atoms with van der Waals surface area (Å²) in [5, 5.41) is 1.23. The lowest BCUT2D eigenvalue weighted by atomic mass is 10.0. The molecule has 4 heteroatoms. The van der Waals surface area contributed by atoms with Crippen molar-refractivity contribution in [1.29, 1.82) is 0 Å². The third-order valence-electron chi connectivity index (χ3n) is 4.46. The summed E-state index contributed by atoms with van der Waals surface area (Å²) in [4.78, 5) is 4.58. The fourth-order valence-corrected chi connectivity index (χ4v) is 3.55. The lowest BCUT2D eigenvalue weighted by Gasteiger charge is -2.10. The van der Waals surface area contributed by atoms with E-state index in [1.54, 1.807) is 11.9 Å². The molecule has 0 aliphatic heterocycles. The van der Waals surface area contributed by atoms with Crippen molar-refractivity contribution in [2.45, 2.75) is 36.6 Å². The zero-order valence-electron chi connectivity index (χ0n) is 13.0. The van der Waals surface area contributed by atoms with Crippen LogP contribution in [0.1, 0.15) is 30.9 Å². The molecule has 2 nitrogen and oxygen atoms in total. The molecule has 0 radical (unpaired) electrons. The zero-order chi connectivity index (χ0) is 15.9. The van der Waals surface area contributed by atoms with Crippen LogP contribution in [-0.2, 0) is 6.42 Å². The van der Waals surface area contributed by atoms with Crippen molar-refractivity contribution in [1.82, 2.24) is 9.71 Å². The van der Waals surface area contributed by atoms with E-state index >= 15 is 0 Å². The van der Waals surface area contributed by atoms with Gasteiger partial charge in [-0.3, -0.25) is 4.72 Å². The van der Waals surface area contributed by atoms with Crippen molar-refractivity contribution in [3.8, 4) is 0 Å². The van der Waals surface area contributed by atoms with Crippen LogP contribution in [0.2, 0.25) is 0 Å². The number of halogens is 1. The summed E-state index contributed by atoms with van der Waals surface area (Å²) < 4.78 is 16.5. The first-order chi connectivity index (χ1) is 11.1. The Morgan fingerprint density at radius 3 is 2.70 bits per heavy atom. The Hall–Kier alpha value is -1.78. The standard InChI is InChI=1S/C19H19FN2S/c1-19(8-9-19)22-23-16-6-7-17-14(12-21-18(17)11-16)10-13-2-4-15(20)5-3-13/h2-7,11-12,21-22H,8-10H2,1H3. The average molecular weight is 326 g/mol. The molecule has 1 saturated carbocycles. The van der Waals surface area contributed by atoms with Crippen molar-refractivity contribution in [2.75, 3.05) is 0 Å². The van der Waals surface area contributed by atoms with Crippen LogP contribution >= 0.6 is 11.9 Å². The maximum Gasteiger partial charge on any atom is 0.123 e. The summed E-state index contributed by atoms with van der Waals surface area (Å²) in [6.07, 6.45) is 5.38. The van der Waals surface area contributed by atoms with Gasteiger partial charge in [0.2, 0.25) is 0 Å². The second-order valence-corrected chi connectivity index (χ2v) is 7.47. The van der Waals surface area contributed by atoms with Gasteiger partial charge >= 0.3 is 0 Å².